The molecule has 1 heterocycles. The van der Waals surface area contributed by atoms with Crippen LogP contribution >= 0.6 is 0 Å². The number of rotatable bonds is 8. The van der Waals surface area contributed by atoms with Crippen LogP contribution in [-0.4, -0.2) is 43.9 Å². The van der Waals surface area contributed by atoms with Crippen LogP contribution in [0.2, 0.25) is 0 Å². The molecule has 1 amide bonds. The van der Waals surface area contributed by atoms with E-state index in [2.05, 4.69) is 0 Å². The summed E-state index contributed by atoms with van der Waals surface area (Å²) < 4.78 is 68.1. The standard InChI is InChI=1S/C17H17F2NO6S/c18-17(19,27(22,23)24)16(21)20-8-3-9-25-14-7-2-4-11-12(14)5-1-6-13(11)15-10-26-15/h1-2,4-7,15H,3,8-10H2,(H,20,21)(H,22,23,24)/p-1. The molecule has 2 aromatic rings. The van der Waals surface area contributed by atoms with Gasteiger partial charge < -0.3 is 19.3 Å². The zero-order valence-electron chi connectivity index (χ0n) is 14.0. The third kappa shape index (κ3) is 4.18. The zero-order chi connectivity index (χ0) is 19.7. The molecule has 7 nitrogen and oxygen atoms in total. The first-order valence-electron chi connectivity index (χ1n) is 8.09. The summed E-state index contributed by atoms with van der Waals surface area (Å²) >= 11 is 0. The number of nitrogens with one attached hydrogen (secondary N) is 1. The molecule has 0 spiro atoms. The van der Waals surface area contributed by atoms with E-state index >= 15 is 0 Å². The topological polar surface area (TPSA) is 108 Å². The Kier molecular flexibility index (Phi) is 5.31. The number of fused-ring (bicyclic) bond motifs is 1. The van der Waals surface area contributed by atoms with Gasteiger partial charge in [0.25, 0.3) is 0 Å². The number of epoxide rings is 1. The minimum atomic E-state index is -6.05. The van der Waals surface area contributed by atoms with Crippen molar-refractivity contribution in [1.82, 2.24) is 5.32 Å². The van der Waals surface area contributed by atoms with Crippen LogP contribution in [0.25, 0.3) is 10.8 Å². The van der Waals surface area contributed by atoms with Gasteiger partial charge in [0.15, 0.2) is 10.1 Å². The van der Waals surface area contributed by atoms with Crippen LogP contribution in [-0.2, 0) is 19.6 Å². The maximum absolute atomic E-state index is 13.0. The first-order chi connectivity index (χ1) is 12.7. The SMILES string of the molecule is O=C(NCCCOc1cccc2c(C3CO3)cccc12)C(F)(F)S(=O)(=O)[O-]. The van der Waals surface area contributed by atoms with Crippen molar-refractivity contribution >= 4 is 26.8 Å². The van der Waals surface area contributed by atoms with Gasteiger partial charge in [-0.05, 0) is 23.4 Å². The lowest BCUT2D eigenvalue weighted by atomic mass is 10.0. The van der Waals surface area contributed by atoms with Gasteiger partial charge in [-0.15, -0.1) is 0 Å². The number of benzene rings is 2. The largest absolute Gasteiger partial charge is 0.743 e. The van der Waals surface area contributed by atoms with Crippen LogP contribution in [0.5, 0.6) is 5.75 Å². The Morgan fingerprint density at radius 1 is 1.26 bits per heavy atom. The van der Waals surface area contributed by atoms with Crippen molar-refractivity contribution < 1.29 is 36.0 Å². The van der Waals surface area contributed by atoms with Crippen molar-refractivity contribution in [2.75, 3.05) is 19.8 Å². The Balaban J connectivity index is 1.56. The number of ether oxygens (including phenoxy) is 2. The number of alkyl halides is 2. The van der Waals surface area contributed by atoms with E-state index < -0.39 is 21.3 Å². The van der Waals surface area contributed by atoms with E-state index in [0.29, 0.717) is 12.4 Å². The molecular weight excluding hydrogens is 384 g/mol. The minimum absolute atomic E-state index is 0.0816. The number of carbonyl (C=O) groups is 1. The summed E-state index contributed by atoms with van der Waals surface area (Å²) in [5.74, 6) is -1.55. The molecule has 3 rings (SSSR count). The summed E-state index contributed by atoms with van der Waals surface area (Å²) in [6.07, 6.45) is 0.223. The van der Waals surface area contributed by atoms with Crippen LogP contribution in [0.3, 0.4) is 0 Å². The fourth-order valence-electron chi connectivity index (χ4n) is 2.61. The lowest BCUT2D eigenvalue weighted by Gasteiger charge is -2.18. The van der Waals surface area contributed by atoms with E-state index in [1.165, 1.54) is 0 Å². The molecule has 0 aliphatic carbocycles. The molecule has 1 aliphatic heterocycles. The van der Waals surface area contributed by atoms with Crippen LogP contribution in [0.1, 0.15) is 18.1 Å². The molecule has 2 aromatic carbocycles. The normalized spacial score (nSPS) is 16.9. The molecule has 0 aromatic heterocycles. The molecule has 1 aliphatic rings. The number of amides is 1. The van der Waals surface area contributed by atoms with E-state index in [9.17, 15) is 26.5 Å². The number of hydrogen-bond acceptors (Lipinski definition) is 6. The highest BCUT2D eigenvalue weighted by Crippen LogP contribution is 2.37. The maximum atomic E-state index is 13.0. The summed E-state index contributed by atoms with van der Waals surface area (Å²) in [5, 5.41) is -1.41. The van der Waals surface area contributed by atoms with Gasteiger partial charge in [-0.2, -0.15) is 8.78 Å². The first kappa shape index (κ1) is 19.5. The summed E-state index contributed by atoms with van der Waals surface area (Å²) in [6.45, 7) is 0.503. The molecule has 1 fully saturated rings. The van der Waals surface area contributed by atoms with Crippen molar-refractivity contribution in [2.45, 2.75) is 17.8 Å². The van der Waals surface area contributed by atoms with Gasteiger partial charge in [0.2, 0.25) is 0 Å². The molecule has 1 N–H and O–H groups in total. The third-order valence-corrected chi connectivity index (χ3v) is 4.85. The van der Waals surface area contributed by atoms with Crippen LogP contribution in [0.15, 0.2) is 36.4 Å². The molecule has 27 heavy (non-hydrogen) atoms. The van der Waals surface area contributed by atoms with Crippen molar-refractivity contribution in [3.8, 4) is 5.75 Å². The summed E-state index contributed by atoms with van der Waals surface area (Å²) in [5.41, 5.74) is 1.06. The van der Waals surface area contributed by atoms with Gasteiger partial charge in [-0.25, -0.2) is 8.42 Å². The average molecular weight is 400 g/mol. The fraction of sp³-hybridized carbons (Fsp3) is 0.353. The van der Waals surface area contributed by atoms with Gasteiger partial charge in [0.1, 0.15) is 11.9 Å². The predicted molar refractivity (Wildman–Crippen MR) is 90.4 cm³/mol. The van der Waals surface area contributed by atoms with E-state index in [1.807, 2.05) is 30.3 Å². The number of hydrogen-bond donors (Lipinski definition) is 1. The third-order valence-electron chi connectivity index (χ3n) is 4.04. The van der Waals surface area contributed by atoms with Crippen molar-refractivity contribution in [3.63, 3.8) is 0 Å². The lowest BCUT2D eigenvalue weighted by molar-refractivity contribution is -0.136. The Morgan fingerprint density at radius 2 is 1.93 bits per heavy atom. The van der Waals surface area contributed by atoms with E-state index in [0.717, 1.165) is 16.3 Å². The van der Waals surface area contributed by atoms with Crippen molar-refractivity contribution in [1.29, 1.82) is 0 Å². The summed E-state index contributed by atoms with van der Waals surface area (Å²) in [7, 11) is -6.05. The first-order valence-corrected chi connectivity index (χ1v) is 9.50. The molecule has 146 valence electrons. The second-order valence-electron chi connectivity index (χ2n) is 5.95. The van der Waals surface area contributed by atoms with Crippen molar-refractivity contribution in [2.24, 2.45) is 0 Å². The van der Waals surface area contributed by atoms with Crippen LogP contribution in [0.4, 0.5) is 8.78 Å². The molecule has 0 saturated carbocycles. The van der Waals surface area contributed by atoms with E-state index in [4.69, 9.17) is 9.47 Å². The molecule has 1 atom stereocenters. The summed E-state index contributed by atoms with van der Waals surface area (Å²) in [4.78, 5) is 11.1. The van der Waals surface area contributed by atoms with Crippen molar-refractivity contribution in [3.05, 3.63) is 42.0 Å². The Labute approximate surface area is 154 Å². The van der Waals surface area contributed by atoms with Crippen LogP contribution in [0, 0.1) is 0 Å². The Morgan fingerprint density at radius 3 is 2.59 bits per heavy atom. The van der Waals surface area contributed by atoms with Crippen LogP contribution < -0.4 is 10.1 Å². The monoisotopic (exact) mass is 400 g/mol. The highest BCUT2D eigenvalue weighted by Gasteiger charge is 2.46. The van der Waals surface area contributed by atoms with Gasteiger partial charge in [-0.3, -0.25) is 4.79 Å². The van der Waals surface area contributed by atoms with Gasteiger partial charge in [0, 0.05) is 11.9 Å². The Hall–Kier alpha value is -2.30. The van der Waals surface area contributed by atoms with E-state index in [1.54, 1.807) is 11.4 Å². The van der Waals surface area contributed by atoms with E-state index in [-0.39, 0.29) is 25.7 Å². The second kappa shape index (κ2) is 7.37. The molecule has 10 heteroatoms. The molecule has 0 bridgehead atoms. The fourth-order valence-corrected chi connectivity index (χ4v) is 2.91. The van der Waals surface area contributed by atoms with Gasteiger partial charge in [-0.1, -0.05) is 30.3 Å². The quantitative estimate of drug-likeness (QED) is 0.412. The highest BCUT2D eigenvalue weighted by atomic mass is 32.2. The second-order valence-corrected chi connectivity index (χ2v) is 7.37. The predicted octanol–water partition coefficient (Wildman–Crippen LogP) is 1.93. The highest BCUT2D eigenvalue weighted by molar-refractivity contribution is 7.87. The lowest BCUT2D eigenvalue weighted by Crippen LogP contribution is -2.46. The number of carbonyl (C=O) groups excluding carboxylic acids is 1. The Bertz CT molecular complexity index is 959. The maximum Gasteiger partial charge on any atom is 0.410 e. The minimum Gasteiger partial charge on any atom is -0.743 e. The number of halogens is 2. The molecule has 0 radical (unpaired) electrons. The zero-order valence-corrected chi connectivity index (χ0v) is 14.8. The average Bonchev–Trinajstić information content (AvgIpc) is 3.44. The summed E-state index contributed by atoms with van der Waals surface area (Å²) in [6, 6.07) is 11.3. The van der Waals surface area contributed by atoms with Gasteiger partial charge >= 0.3 is 11.2 Å². The molecule has 1 unspecified atom stereocenters. The molecule has 1 saturated heterocycles. The smallest absolute Gasteiger partial charge is 0.410 e. The molecular formula is C17H16F2NO6S-. The van der Waals surface area contributed by atoms with Gasteiger partial charge in [0.05, 0.1) is 13.2 Å².